The molecule has 0 heterocycles. The number of hydrogen-bond acceptors (Lipinski definition) is 4. The van der Waals surface area contributed by atoms with Gasteiger partial charge in [-0.15, -0.1) is 0 Å². The number of ether oxygens (including phenoxy) is 1. The van der Waals surface area contributed by atoms with E-state index in [0.29, 0.717) is 27.2 Å². The Morgan fingerprint density at radius 3 is 2.64 bits per heavy atom. The fraction of sp³-hybridized carbons (Fsp3) is 0.105. The third-order valence-electron chi connectivity index (χ3n) is 4.04. The van der Waals surface area contributed by atoms with E-state index in [4.69, 9.17) is 22.1 Å². The van der Waals surface area contributed by atoms with Crippen LogP contribution in [0.25, 0.3) is 10.8 Å². The second-order valence-corrected chi connectivity index (χ2v) is 6.12. The van der Waals surface area contributed by atoms with Crippen LogP contribution in [0.3, 0.4) is 0 Å². The highest BCUT2D eigenvalue weighted by molar-refractivity contribution is 6.30. The van der Waals surface area contributed by atoms with Crippen molar-refractivity contribution in [1.82, 2.24) is 0 Å². The van der Waals surface area contributed by atoms with E-state index in [0.717, 1.165) is 5.56 Å². The zero-order chi connectivity index (χ0) is 18.1. The SMILES string of the molecule is COc1ccc2c(N)c(O)c(C(=O)Nc3ccc(Cl)cc3C)cc2c1. The molecule has 0 aromatic heterocycles. The van der Waals surface area contributed by atoms with E-state index in [1.807, 2.05) is 6.92 Å². The van der Waals surface area contributed by atoms with Gasteiger partial charge in [0.05, 0.1) is 18.4 Å². The molecule has 0 atom stereocenters. The van der Waals surface area contributed by atoms with E-state index in [1.165, 1.54) is 0 Å². The molecule has 0 radical (unpaired) electrons. The number of methoxy groups -OCH3 is 1. The molecule has 0 aliphatic heterocycles. The van der Waals surface area contributed by atoms with Crippen molar-refractivity contribution in [3.8, 4) is 11.5 Å². The average Bonchev–Trinajstić information content (AvgIpc) is 2.59. The molecule has 0 saturated heterocycles. The lowest BCUT2D eigenvalue weighted by Gasteiger charge is -2.13. The van der Waals surface area contributed by atoms with E-state index in [2.05, 4.69) is 5.32 Å². The summed E-state index contributed by atoms with van der Waals surface area (Å²) in [5.41, 5.74) is 7.67. The van der Waals surface area contributed by atoms with Crippen molar-refractivity contribution in [2.45, 2.75) is 6.92 Å². The Balaban J connectivity index is 2.04. The maximum absolute atomic E-state index is 12.6. The van der Waals surface area contributed by atoms with Crippen molar-refractivity contribution in [3.05, 3.63) is 58.6 Å². The highest BCUT2D eigenvalue weighted by Gasteiger charge is 2.17. The fourth-order valence-corrected chi connectivity index (χ4v) is 2.89. The van der Waals surface area contributed by atoms with Crippen molar-refractivity contribution in [2.75, 3.05) is 18.2 Å². The summed E-state index contributed by atoms with van der Waals surface area (Å²) in [5, 5.41) is 15.1. The number of aryl methyl sites for hydroxylation is 1. The van der Waals surface area contributed by atoms with Gasteiger partial charge < -0.3 is 20.9 Å². The number of nitrogens with two attached hydrogens (primary N) is 1. The molecule has 6 heteroatoms. The molecule has 5 nitrogen and oxygen atoms in total. The highest BCUT2D eigenvalue weighted by Crippen LogP contribution is 2.36. The second kappa shape index (κ2) is 6.53. The number of halogens is 1. The predicted molar refractivity (Wildman–Crippen MR) is 101 cm³/mol. The first-order valence-electron chi connectivity index (χ1n) is 7.57. The van der Waals surface area contributed by atoms with Gasteiger partial charge in [-0.2, -0.15) is 0 Å². The van der Waals surface area contributed by atoms with Gasteiger partial charge in [-0.3, -0.25) is 4.79 Å². The molecule has 0 aliphatic rings. The number of nitrogen functional groups attached to an aromatic ring is 1. The Kier molecular flexibility index (Phi) is 4.42. The van der Waals surface area contributed by atoms with Crippen molar-refractivity contribution < 1.29 is 14.6 Å². The van der Waals surface area contributed by atoms with Crippen molar-refractivity contribution in [2.24, 2.45) is 0 Å². The highest BCUT2D eigenvalue weighted by atomic mass is 35.5. The average molecular weight is 357 g/mol. The van der Waals surface area contributed by atoms with Crippen LogP contribution in [0.2, 0.25) is 5.02 Å². The number of aromatic hydroxyl groups is 1. The molecule has 128 valence electrons. The minimum Gasteiger partial charge on any atom is -0.505 e. The minimum absolute atomic E-state index is 0.0904. The van der Waals surface area contributed by atoms with Crippen LogP contribution in [0.1, 0.15) is 15.9 Å². The molecular formula is C19H17ClN2O3. The first-order valence-corrected chi connectivity index (χ1v) is 7.95. The maximum Gasteiger partial charge on any atom is 0.259 e. The zero-order valence-corrected chi connectivity index (χ0v) is 14.5. The summed E-state index contributed by atoms with van der Waals surface area (Å²) in [6.07, 6.45) is 0. The normalized spacial score (nSPS) is 10.7. The van der Waals surface area contributed by atoms with Gasteiger partial charge >= 0.3 is 0 Å². The second-order valence-electron chi connectivity index (χ2n) is 5.69. The molecule has 0 aliphatic carbocycles. The molecular weight excluding hydrogens is 340 g/mol. The Labute approximate surface area is 150 Å². The summed E-state index contributed by atoms with van der Waals surface area (Å²) >= 11 is 5.93. The topological polar surface area (TPSA) is 84.6 Å². The standard InChI is InChI=1S/C19H17ClN2O3/c1-10-7-12(20)3-6-16(10)22-19(24)15-9-11-8-13(25-2)4-5-14(11)17(21)18(15)23/h3-9,23H,21H2,1-2H3,(H,22,24). The van der Waals surface area contributed by atoms with E-state index in [1.54, 1.807) is 49.6 Å². The lowest BCUT2D eigenvalue weighted by Crippen LogP contribution is -2.13. The molecule has 0 spiro atoms. The lowest BCUT2D eigenvalue weighted by molar-refractivity contribution is 0.102. The number of rotatable bonds is 3. The third-order valence-corrected chi connectivity index (χ3v) is 4.28. The summed E-state index contributed by atoms with van der Waals surface area (Å²) in [4.78, 5) is 12.6. The van der Waals surface area contributed by atoms with Gasteiger partial charge in [-0.05, 0) is 60.3 Å². The van der Waals surface area contributed by atoms with Gasteiger partial charge in [0.25, 0.3) is 5.91 Å². The van der Waals surface area contributed by atoms with Crippen molar-refractivity contribution in [1.29, 1.82) is 0 Å². The number of carbonyl (C=O) groups is 1. The molecule has 3 aromatic rings. The van der Waals surface area contributed by atoms with Crippen LogP contribution in [0, 0.1) is 6.92 Å². The van der Waals surface area contributed by atoms with Crippen molar-refractivity contribution in [3.63, 3.8) is 0 Å². The van der Waals surface area contributed by atoms with Gasteiger partial charge in [0.15, 0.2) is 5.75 Å². The monoisotopic (exact) mass is 356 g/mol. The molecule has 3 rings (SSSR count). The van der Waals surface area contributed by atoms with Crippen LogP contribution in [0.4, 0.5) is 11.4 Å². The molecule has 0 saturated carbocycles. The molecule has 4 N–H and O–H groups in total. The Hall–Kier alpha value is -2.92. The molecule has 25 heavy (non-hydrogen) atoms. The molecule has 0 bridgehead atoms. The summed E-state index contributed by atoms with van der Waals surface area (Å²) in [5.74, 6) is -0.0707. The minimum atomic E-state index is -0.459. The van der Waals surface area contributed by atoms with E-state index in [9.17, 15) is 9.90 Å². The number of fused-ring (bicyclic) bond motifs is 1. The van der Waals surface area contributed by atoms with Gasteiger partial charge in [0.2, 0.25) is 0 Å². The van der Waals surface area contributed by atoms with Crippen LogP contribution >= 0.6 is 11.6 Å². The van der Waals surface area contributed by atoms with Crippen LogP contribution in [0.5, 0.6) is 11.5 Å². The number of carbonyl (C=O) groups excluding carboxylic acids is 1. The number of anilines is 2. The first kappa shape index (κ1) is 16.9. The molecule has 3 aromatic carbocycles. The Bertz CT molecular complexity index is 986. The van der Waals surface area contributed by atoms with E-state index < -0.39 is 5.91 Å². The van der Waals surface area contributed by atoms with Crippen LogP contribution in [-0.2, 0) is 0 Å². The van der Waals surface area contributed by atoms with Crippen molar-refractivity contribution >= 4 is 39.7 Å². The summed E-state index contributed by atoms with van der Waals surface area (Å²) < 4.78 is 5.20. The predicted octanol–water partition coefficient (Wildman–Crippen LogP) is 4.35. The van der Waals surface area contributed by atoms with Crippen LogP contribution in [0.15, 0.2) is 42.5 Å². The molecule has 0 unspecified atom stereocenters. The number of nitrogens with one attached hydrogen (secondary N) is 1. The summed E-state index contributed by atoms with van der Waals surface area (Å²) in [6.45, 7) is 1.83. The first-order chi connectivity index (χ1) is 11.9. The smallest absolute Gasteiger partial charge is 0.259 e. The van der Waals surface area contributed by atoms with Gasteiger partial charge in [0, 0.05) is 16.1 Å². The number of phenols is 1. The van der Waals surface area contributed by atoms with Crippen LogP contribution in [-0.4, -0.2) is 18.1 Å². The summed E-state index contributed by atoms with van der Waals surface area (Å²) in [7, 11) is 1.56. The Morgan fingerprint density at radius 2 is 1.96 bits per heavy atom. The number of amides is 1. The molecule has 0 fully saturated rings. The van der Waals surface area contributed by atoms with Gasteiger partial charge in [0.1, 0.15) is 5.75 Å². The maximum atomic E-state index is 12.6. The zero-order valence-electron chi connectivity index (χ0n) is 13.8. The van der Waals surface area contributed by atoms with E-state index >= 15 is 0 Å². The number of benzene rings is 3. The largest absolute Gasteiger partial charge is 0.505 e. The van der Waals surface area contributed by atoms with E-state index in [-0.39, 0.29) is 17.0 Å². The quantitative estimate of drug-likeness (QED) is 0.481. The fourth-order valence-electron chi connectivity index (χ4n) is 2.66. The lowest BCUT2D eigenvalue weighted by atomic mass is 10.0. The molecule has 1 amide bonds. The Morgan fingerprint density at radius 1 is 1.20 bits per heavy atom. The van der Waals surface area contributed by atoms with Gasteiger partial charge in [-0.25, -0.2) is 0 Å². The summed E-state index contributed by atoms with van der Waals surface area (Å²) in [6, 6.07) is 12.0. The van der Waals surface area contributed by atoms with Crippen LogP contribution < -0.4 is 15.8 Å². The number of phenolic OH excluding ortho intramolecular Hbond substituents is 1. The number of hydrogen-bond donors (Lipinski definition) is 3. The van der Waals surface area contributed by atoms with Gasteiger partial charge in [-0.1, -0.05) is 11.6 Å². The third kappa shape index (κ3) is 3.19.